The molecule has 12 heteroatoms. The second kappa shape index (κ2) is 8.38. The van der Waals surface area contributed by atoms with Crippen molar-refractivity contribution in [1.82, 2.24) is 10.6 Å². The number of carbonyl (C=O) groups is 3. The van der Waals surface area contributed by atoms with Crippen LogP contribution in [0.2, 0.25) is 0 Å². The number of carbonyl (C=O) groups excluding carboxylic acids is 3. The number of non-ortho nitro benzene ring substituents is 1. The molecule has 11 nitrogen and oxygen atoms in total. The zero-order valence-electron chi connectivity index (χ0n) is 14.1. The van der Waals surface area contributed by atoms with Gasteiger partial charge in [0, 0.05) is 19.2 Å². The maximum atomic E-state index is 12.4. The van der Waals surface area contributed by atoms with Gasteiger partial charge in [0.05, 0.1) is 9.82 Å². The van der Waals surface area contributed by atoms with Gasteiger partial charge >= 0.3 is 12.0 Å². The Balaban J connectivity index is 2.87. The van der Waals surface area contributed by atoms with Crippen LogP contribution in [0.25, 0.3) is 0 Å². The van der Waals surface area contributed by atoms with Crippen molar-refractivity contribution in [2.24, 2.45) is 0 Å². The predicted molar refractivity (Wildman–Crippen MR) is 87.9 cm³/mol. The third-order valence-corrected chi connectivity index (χ3v) is 5.35. The lowest BCUT2D eigenvalue weighted by molar-refractivity contribution is -0.384. The zero-order valence-corrected chi connectivity index (χ0v) is 14.9. The SMILES string of the molecule is CNC(=O)NC(=O)[C@@H](C)OC(=O)[C@@H](C)S(=O)(=O)c1ccc([N+](=O)[O-])cc1. The van der Waals surface area contributed by atoms with Crippen LogP contribution in [-0.4, -0.2) is 49.7 Å². The molecule has 2 N–H and O–H groups in total. The van der Waals surface area contributed by atoms with E-state index in [1.165, 1.54) is 14.0 Å². The van der Waals surface area contributed by atoms with Gasteiger partial charge in [0.1, 0.15) is 0 Å². The molecule has 0 unspecified atom stereocenters. The van der Waals surface area contributed by atoms with E-state index in [9.17, 15) is 32.9 Å². The summed E-state index contributed by atoms with van der Waals surface area (Å²) in [6.45, 7) is 2.23. The summed E-state index contributed by atoms with van der Waals surface area (Å²) in [6, 6.07) is 3.16. The molecule has 0 bridgehead atoms. The lowest BCUT2D eigenvalue weighted by Gasteiger charge is -2.16. The number of nitro groups is 1. The van der Waals surface area contributed by atoms with E-state index in [4.69, 9.17) is 4.74 Å². The molecule has 2 atom stereocenters. The highest BCUT2D eigenvalue weighted by Crippen LogP contribution is 2.20. The van der Waals surface area contributed by atoms with Gasteiger partial charge in [-0.1, -0.05) is 0 Å². The Hall–Kier alpha value is -3.02. The number of benzene rings is 1. The fourth-order valence-electron chi connectivity index (χ4n) is 1.69. The second-order valence-corrected chi connectivity index (χ2v) is 7.35. The van der Waals surface area contributed by atoms with Crippen molar-refractivity contribution < 1.29 is 32.5 Å². The first-order valence-electron chi connectivity index (χ1n) is 7.22. The second-order valence-electron chi connectivity index (χ2n) is 5.09. The summed E-state index contributed by atoms with van der Waals surface area (Å²) < 4.78 is 29.6. The van der Waals surface area contributed by atoms with Gasteiger partial charge in [0.15, 0.2) is 21.2 Å². The highest BCUT2D eigenvalue weighted by Gasteiger charge is 2.33. The number of hydrogen-bond donors (Lipinski definition) is 2. The van der Waals surface area contributed by atoms with Crippen molar-refractivity contribution in [2.75, 3.05) is 7.05 Å². The Kier molecular flexibility index (Phi) is 6.78. The number of urea groups is 1. The van der Waals surface area contributed by atoms with Gasteiger partial charge in [0.25, 0.3) is 11.6 Å². The van der Waals surface area contributed by atoms with E-state index in [0.29, 0.717) is 0 Å². The Bertz CT molecular complexity index is 819. The van der Waals surface area contributed by atoms with E-state index in [0.717, 1.165) is 31.2 Å². The third kappa shape index (κ3) is 4.99. The molecule has 0 aromatic heterocycles. The van der Waals surface area contributed by atoms with Crippen LogP contribution < -0.4 is 10.6 Å². The zero-order chi connectivity index (χ0) is 20.1. The van der Waals surface area contributed by atoms with Crippen LogP contribution in [-0.2, 0) is 24.2 Å². The number of hydrogen-bond acceptors (Lipinski definition) is 8. The minimum Gasteiger partial charge on any atom is -0.452 e. The van der Waals surface area contributed by atoms with Crippen molar-refractivity contribution in [3.05, 3.63) is 34.4 Å². The fourth-order valence-corrected chi connectivity index (χ4v) is 2.92. The quantitative estimate of drug-likeness (QED) is 0.396. The third-order valence-electron chi connectivity index (χ3n) is 3.30. The number of nitrogens with zero attached hydrogens (tertiary/aromatic N) is 1. The highest BCUT2D eigenvalue weighted by molar-refractivity contribution is 7.92. The molecule has 0 aliphatic rings. The Labute approximate surface area is 148 Å². The molecule has 1 aromatic carbocycles. The van der Waals surface area contributed by atoms with Crippen LogP contribution in [0.4, 0.5) is 10.5 Å². The van der Waals surface area contributed by atoms with Crippen molar-refractivity contribution in [3.63, 3.8) is 0 Å². The molecular weight excluding hydrogens is 370 g/mol. The molecule has 0 radical (unpaired) electrons. The lowest BCUT2D eigenvalue weighted by atomic mass is 10.3. The Morgan fingerprint density at radius 3 is 2.15 bits per heavy atom. The molecule has 1 rings (SSSR count). The molecule has 0 heterocycles. The molecule has 26 heavy (non-hydrogen) atoms. The number of sulfone groups is 1. The maximum absolute atomic E-state index is 12.4. The van der Waals surface area contributed by atoms with Crippen LogP contribution >= 0.6 is 0 Å². The van der Waals surface area contributed by atoms with Gasteiger partial charge in [-0.15, -0.1) is 0 Å². The number of ether oxygens (including phenoxy) is 1. The summed E-state index contributed by atoms with van der Waals surface area (Å²) in [5.74, 6) is -2.14. The first-order valence-corrected chi connectivity index (χ1v) is 8.76. The molecule has 0 aliphatic carbocycles. The molecule has 0 fully saturated rings. The topological polar surface area (TPSA) is 162 Å². The van der Waals surface area contributed by atoms with E-state index in [1.807, 2.05) is 5.32 Å². The largest absolute Gasteiger partial charge is 0.452 e. The molecule has 142 valence electrons. The van der Waals surface area contributed by atoms with Gasteiger partial charge in [-0.3, -0.25) is 25.0 Å². The van der Waals surface area contributed by atoms with E-state index in [2.05, 4.69) is 5.32 Å². The highest BCUT2D eigenvalue weighted by atomic mass is 32.2. The molecule has 0 spiro atoms. The first-order chi connectivity index (χ1) is 12.0. The molecular formula is C14H17N3O8S. The van der Waals surface area contributed by atoms with E-state index >= 15 is 0 Å². The molecule has 3 amide bonds. The Morgan fingerprint density at radius 2 is 1.69 bits per heavy atom. The van der Waals surface area contributed by atoms with Crippen LogP contribution in [0.5, 0.6) is 0 Å². The van der Waals surface area contributed by atoms with Crippen LogP contribution in [0.1, 0.15) is 13.8 Å². The summed E-state index contributed by atoms with van der Waals surface area (Å²) in [7, 11) is -2.91. The fraction of sp³-hybridized carbons (Fsp3) is 0.357. The normalized spacial score (nSPS) is 13.2. The van der Waals surface area contributed by atoms with Gasteiger partial charge in [-0.05, 0) is 26.0 Å². The van der Waals surface area contributed by atoms with Crippen molar-refractivity contribution in [2.45, 2.75) is 30.1 Å². The molecule has 0 saturated carbocycles. The van der Waals surface area contributed by atoms with Crippen molar-refractivity contribution in [3.8, 4) is 0 Å². The van der Waals surface area contributed by atoms with Crippen molar-refractivity contribution >= 4 is 33.4 Å². The summed E-state index contributed by atoms with van der Waals surface area (Å²) in [5, 5.41) is 12.9. The van der Waals surface area contributed by atoms with Crippen LogP contribution in [0.3, 0.4) is 0 Å². The number of amides is 3. The number of rotatable bonds is 6. The summed E-state index contributed by atoms with van der Waals surface area (Å²) in [6.07, 6.45) is -1.41. The molecule has 1 aromatic rings. The molecule has 0 saturated heterocycles. The van der Waals surface area contributed by atoms with Crippen LogP contribution in [0.15, 0.2) is 29.2 Å². The first kappa shape index (κ1) is 21.0. The van der Waals surface area contributed by atoms with Gasteiger partial charge in [-0.2, -0.15) is 0 Å². The smallest absolute Gasteiger partial charge is 0.325 e. The number of nitro benzene ring substituents is 1. The monoisotopic (exact) mass is 387 g/mol. The summed E-state index contributed by atoms with van der Waals surface area (Å²) in [5.41, 5.74) is -0.307. The number of esters is 1. The molecule has 0 aliphatic heterocycles. The average molecular weight is 387 g/mol. The minimum atomic E-state index is -4.19. The minimum absolute atomic E-state index is 0.307. The van der Waals surface area contributed by atoms with E-state index in [-0.39, 0.29) is 10.6 Å². The van der Waals surface area contributed by atoms with E-state index < -0.39 is 44.0 Å². The lowest BCUT2D eigenvalue weighted by Crippen LogP contribution is -2.44. The number of imide groups is 1. The van der Waals surface area contributed by atoms with Gasteiger partial charge in [0.2, 0.25) is 0 Å². The van der Waals surface area contributed by atoms with Crippen LogP contribution in [0, 0.1) is 10.1 Å². The predicted octanol–water partition coefficient (Wildman–Crippen LogP) is 0.144. The van der Waals surface area contributed by atoms with E-state index in [1.54, 1.807) is 0 Å². The van der Waals surface area contributed by atoms with Gasteiger partial charge < -0.3 is 10.1 Å². The van der Waals surface area contributed by atoms with Crippen molar-refractivity contribution in [1.29, 1.82) is 0 Å². The summed E-state index contributed by atoms with van der Waals surface area (Å²) in [4.78, 5) is 44.3. The Morgan fingerprint density at radius 1 is 1.15 bits per heavy atom. The summed E-state index contributed by atoms with van der Waals surface area (Å²) >= 11 is 0. The maximum Gasteiger partial charge on any atom is 0.325 e. The standard InChI is InChI=1S/C14H17N3O8S/c1-8(12(18)16-14(20)15-3)25-13(19)9(2)26(23,24)11-6-4-10(5-7-11)17(21)22/h4-9H,1-3H3,(H2,15,16,18,20)/t8-,9-/m1/s1. The average Bonchev–Trinajstić information content (AvgIpc) is 2.60. The number of nitrogens with one attached hydrogen (secondary N) is 2. The van der Waals surface area contributed by atoms with Gasteiger partial charge in [-0.25, -0.2) is 13.2 Å².